The van der Waals surface area contributed by atoms with Crippen LogP contribution in [0.1, 0.15) is 29.2 Å². The first kappa shape index (κ1) is 11.5. The van der Waals surface area contributed by atoms with Gasteiger partial charge in [-0.3, -0.25) is 4.90 Å². The summed E-state index contributed by atoms with van der Waals surface area (Å²) in [7, 11) is 0. The van der Waals surface area contributed by atoms with Gasteiger partial charge in [0.1, 0.15) is 0 Å². The van der Waals surface area contributed by atoms with Gasteiger partial charge in [-0.2, -0.15) is 0 Å². The monoisotopic (exact) mass is 237 g/mol. The van der Waals surface area contributed by atoms with E-state index < -0.39 is 0 Å². The van der Waals surface area contributed by atoms with Crippen molar-refractivity contribution in [2.45, 2.75) is 19.4 Å². The summed E-state index contributed by atoms with van der Waals surface area (Å²) < 4.78 is 0. The molecule has 0 aromatic heterocycles. The Morgan fingerprint density at radius 2 is 1.56 bits per heavy atom. The second kappa shape index (κ2) is 4.95. The second-order valence-corrected chi connectivity index (χ2v) is 5.06. The maximum atomic E-state index is 2.57. The quantitative estimate of drug-likeness (QED) is 0.785. The van der Waals surface area contributed by atoms with Crippen molar-refractivity contribution in [2.75, 3.05) is 13.1 Å². The van der Waals surface area contributed by atoms with Crippen molar-refractivity contribution in [3.63, 3.8) is 0 Å². The van der Waals surface area contributed by atoms with Crippen LogP contribution in [0.4, 0.5) is 0 Å². The fourth-order valence-electron chi connectivity index (χ4n) is 2.71. The molecule has 0 spiro atoms. The van der Waals surface area contributed by atoms with Crippen molar-refractivity contribution in [3.05, 3.63) is 71.3 Å². The maximum absolute atomic E-state index is 2.57. The van der Waals surface area contributed by atoms with E-state index in [-0.39, 0.29) is 0 Å². The summed E-state index contributed by atoms with van der Waals surface area (Å²) in [6.07, 6.45) is 1.33. The third-order valence-corrected chi connectivity index (χ3v) is 3.85. The van der Waals surface area contributed by atoms with Crippen molar-refractivity contribution < 1.29 is 0 Å². The average Bonchev–Trinajstić information content (AvgIpc) is 2.36. The molecule has 1 atom stereocenters. The van der Waals surface area contributed by atoms with E-state index in [0.29, 0.717) is 6.04 Å². The lowest BCUT2D eigenvalue weighted by Gasteiger charge is -2.39. The molecule has 3 rings (SSSR count). The Morgan fingerprint density at radius 1 is 0.889 bits per heavy atom. The molecule has 1 heteroatoms. The van der Waals surface area contributed by atoms with Crippen LogP contribution in [-0.2, 0) is 0 Å². The molecule has 18 heavy (non-hydrogen) atoms. The van der Waals surface area contributed by atoms with E-state index in [2.05, 4.69) is 66.4 Å². The lowest BCUT2D eigenvalue weighted by molar-refractivity contribution is 0.140. The van der Waals surface area contributed by atoms with Gasteiger partial charge in [-0.15, -0.1) is 0 Å². The van der Waals surface area contributed by atoms with E-state index in [4.69, 9.17) is 0 Å². The SMILES string of the molecule is Cc1ccccc1[C@H](c1ccccc1)N1CCC1. The van der Waals surface area contributed by atoms with Crippen molar-refractivity contribution in [3.8, 4) is 0 Å². The Labute approximate surface area is 109 Å². The van der Waals surface area contributed by atoms with Gasteiger partial charge in [-0.25, -0.2) is 0 Å². The van der Waals surface area contributed by atoms with Gasteiger partial charge in [0.2, 0.25) is 0 Å². The molecule has 2 aromatic carbocycles. The standard InChI is InChI=1S/C17H19N/c1-14-8-5-6-11-16(14)17(18-12-7-13-18)15-9-3-2-4-10-15/h2-6,8-11,17H,7,12-13H2,1H3/t17-/m0/s1. The van der Waals surface area contributed by atoms with Crippen molar-refractivity contribution in [1.29, 1.82) is 0 Å². The normalized spacial score (nSPS) is 17.2. The maximum Gasteiger partial charge on any atom is 0.0604 e. The number of rotatable bonds is 3. The molecule has 0 N–H and O–H groups in total. The van der Waals surface area contributed by atoms with Gasteiger partial charge in [-0.1, -0.05) is 54.6 Å². The number of nitrogens with zero attached hydrogens (tertiary/aromatic N) is 1. The number of benzene rings is 2. The minimum Gasteiger partial charge on any atom is -0.292 e. The minimum absolute atomic E-state index is 0.432. The van der Waals surface area contributed by atoms with E-state index in [9.17, 15) is 0 Å². The van der Waals surface area contributed by atoms with Crippen LogP contribution in [0.2, 0.25) is 0 Å². The Kier molecular flexibility index (Phi) is 3.16. The van der Waals surface area contributed by atoms with Gasteiger partial charge < -0.3 is 0 Å². The average molecular weight is 237 g/mol. The van der Waals surface area contributed by atoms with E-state index in [1.165, 1.54) is 36.2 Å². The Balaban J connectivity index is 2.03. The highest BCUT2D eigenvalue weighted by Crippen LogP contribution is 2.33. The first-order valence-corrected chi connectivity index (χ1v) is 6.71. The van der Waals surface area contributed by atoms with Gasteiger partial charge in [0.05, 0.1) is 6.04 Å². The molecule has 1 fully saturated rings. The zero-order valence-corrected chi connectivity index (χ0v) is 10.8. The Morgan fingerprint density at radius 3 is 2.17 bits per heavy atom. The van der Waals surface area contributed by atoms with Crippen LogP contribution < -0.4 is 0 Å². The molecule has 1 nitrogen and oxygen atoms in total. The van der Waals surface area contributed by atoms with Crippen LogP contribution in [0.15, 0.2) is 54.6 Å². The summed E-state index contributed by atoms with van der Waals surface area (Å²) in [4.78, 5) is 2.57. The molecular weight excluding hydrogens is 218 g/mol. The number of hydrogen-bond acceptors (Lipinski definition) is 1. The summed E-state index contributed by atoms with van der Waals surface area (Å²) in [6, 6.07) is 20.0. The lowest BCUT2D eigenvalue weighted by Crippen LogP contribution is -2.40. The molecule has 0 amide bonds. The number of aryl methyl sites for hydroxylation is 1. The highest BCUT2D eigenvalue weighted by Gasteiger charge is 2.27. The molecule has 0 aliphatic carbocycles. The largest absolute Gasteiger partial charge is 0.292 e. The predicted octanol–water partition coefficient (Wildman–Crippen LogP) is 3.79. The van der Waals surface area contributed by atoms with Crippen molar-refractivity contribution >= 4 is 0 Å². The van der Waals surface area contributed by atoms with Gasteiger partial charge >= 0.3 is 0 Å². The van der Waals surface area contributed by atoms with Gasteiger partial charge in [-0.05, 0) is 30.0 Å². The number of hydrogen-bond donors (Lipinski definition) is 0. The Hall–Kier alpha value is -1.60. The summed E-state index contributed by atoms with van der Waals surface area (Å²) in [6.45, 7) is 4.65. The second-order valence-electron chi connectivity index (χ2n) is 5.06. The summed E-state index contributed by atoms with van der Waals surface area (Å²) in [5, 5.41) is 0. The molecule has 0 radical (unpaired) electrons. The Bertz CT molecular complexity index is 514. The first-order valence-electron chi connectivity index (χ1n) is 6.71. The van der Waals surface area contributed by atoms with Crippen molar-refractivity contribution in [1.82, 2.24) is 4.90 Å². The number of likely N-dealkylation sites (tertiary alicyclic amines) is 1. The van der Waals surface area contributed by atoms with Gasteiger partial charge in [0.15, 0.2) is 0 Å². The van der Waals surface area contributed by atoms with E-state index in [1.807, 2.05) is 0 Å². The topological polar surface area (TPSA) is 3.24 Å². The van der Waals surface area contributed by atoms with E-state index >= 15 is 0 Å². The molecule has 0 saturated carbocycles. The molecule has 1 aliphatic heterocycles. The third kappa shape index (κ3) is 2.06. The summed E-state index contributed by atoms with van der Waals surface area (Å²) in [5.41, 5.74) is 4.24. The molecule has 2 aromatic rings. The van der Waals surface area contributed by atoms with E-state index in [0.717, 1.165) is 0 Å². The fourth-order valence-corrected chi connectivity index (χ4v) is 2.71. The van der Waals surface area contributed by atoms with Crippen LogP contribution in [0.5, 0.6) is 0 Å². The molecule has 1 saturated heterocycles. The fraction of sp³-hybridized carbons (Fsp3) is 0.294. The van der Waals surface area contributed by atoms with E-state index in [1.54, 1.807) is 0 Å². The van der Waals surface area contributed by atoms with Crippen LogP contribution in [-0.4, -0.2) is 18.0 Å². The molecule has 92 valence electrons. The molecule has 0 bridgehead atoms. The molecule has 1 aliphatic rings. The molecule has 1 heterocycles. The van der Waals surface area contributed by atoms with Crippen LogP contribution in [0.3, 0.4) is 0 Å². The van der Waals surface area contributed by atoms with Gasteiger partial charge in [0, 0.05) is 13.1 Å². The minimum atomic E-state index is 0.432. The summed E-state index contributed by atoms with van der Waals surface area (Å²) >= 11 is 0. The molecule has 0 unspecified atom stereocenters. The smallest absolute Gasteiger partial charge is 0.0604 e. The highest BCUT2D eigenvalue weighted by molar-refractivity contribution is 5.37. The van der Waals surface area contributed by atoms with Crippen LogP contribution in [0.25, 0.3) is 0 Å². The highest BCUT2D eigenvalue weighted by atomic mass is 15.2. The molecular formula is C17H19N. The zero-order valence-electron chi connectivity index (χ0n) is 10.8. The first-order chi connectivity index (χ1) is 8.86. The third-order valence-electron chi connectivity index (χ3n) is 3.85. The lowest BCUT2D eigenvalue weighted by atomic mass is 9.92. The van der Waals surface area contributed by atoms with Crippen LogP contribution in [0, 0.1) is 6.92 Å². The van der Waals surface area contributed by atoms with Crippen molar-refractivity contribution in [2.24, 2.45) is 0 Å². The van der Waals surface area contributed by atoms with Crippen LogP contribution >= 0.6 is 0 Å². The van der Waals surface area contributed by atoms with Gasteiger partial charge in [0.25, 0.3) is 0 Å². The predicted molar refractivity (Wildman–Crippen MR) is 75.7 cm³/mol. The zero-order chi connectivity index (χ0) is 12.4. The summed E-state index contributed by atoms with van der Waals surface area (Å²) in [5.74, 6) is 0.